The summed E-state index contributed by atoms with van der Waals surface area (Å²) in [5.74, 6) is 1.98. The molecule has 0 unspecified atom stereocenters. The first-order valence-corrected chi connectivity index (χ1v) is 8.33. The molecule has 0 amide bonds. The molecule has 0 spiro atoms. The van der Waals surface area contributed by atoms with Crippen LogP contribution in [0.1, 0.15) is 26.0 Å². The smallest absolute Gasteiger partial charge is 0.219 e. The zero-order chi connectivity index (χ0) is 18.5. The summed E-state index contributed by atoms with van der Waals surface area (Å²) in [7, 11) is 1.60. The largest absolute Gasteiger partial charge is 0.497 e. The Morgan fingerprint density at radius 3 is 2.35 bits per heavy atom. The van der Waals surface area contributed by atoms with E-state index < -0.39 is 6.29 Å². The maximum atomic E-state index is 6.09. The number of aromatic nitrogens is 4. The van der Waals surface area contributed by atoms with E-state index in [0.29, 0.717) is 42.0 Å². The number of benzene rings is 1. The van der Waals surface area contributed by atoms with Gasteiger partial charge in [-0.3, -0.25) is 0 Å². The van der Waals surface area contributed by atoms with Gasteiger partial charge in [0.15, 0.2) is 11.6 Å². The zero-order valence-electron chi connectivity index (χ0n) is 15.0. The van der Waals surface area contributed by atoms with Crippen LogP contribution in [0, 0.1) is 0 Å². The number of nitrogens with two attached hydrogens (primary N) is 1. The van der Waals surface area contributed by atoms with Crippen molar-refractivity contribution >= 4 is 16.7 Å². The summed E-state index contributed by atoms with van der Waals surface area (Å²) in [6, 6.07) is 5.47. The first-order chi connectivity index (χ1) is 12.7. The molecule has 0 bridgehead atoms. The molecule has 8 heteroatoms. The molecule has 0 saturated carbocycles. The quantitative estimate of drug-likeness (QED) is 0.645. The average Bonchev–Trinajstić information content (AvgIpc) is 2.67. The number of methoxy groups -OCH3 is 1. The van der Waals surface area contributed by atoms with E-state index in [1.165, 1.54) is 0 Å². The highest BCUT2D eigenvalue weighted by molar-refractivity contribution is 5.90. The molecule has 0 fully saturated rings. The van der Waals surface area contributed by atoms with Gasteiger partial charge in [-0.1, -0.05) is 0 Å². The van der Waals surface area contributed by atoms with Crippen molar-refractivity contribution in [3.63, 3.8) is 0 Å². The first kappa shape index (κ1) is 18.0. The van der Waals surface area contributed by atoms with Gasteiger partial charge in [0.2, 0.25) is 6.29 Å². The van der Waals surface area contributed by atoms with Crippen molar-refractivity contribution in [1.29, 1.82) is 0 Å². The molecule has 2 N–H and O–H groups in total. The second-order valence-corrected chi connectivity index (χ2v) is 5.39. The molecule has 0 radical (unpaired) electrons. The third-order valence-electron chi connectivity index (χ3n) is 3.71. The molecule has 0 saturated heterocycles. The highest BCUT2D eigenvalue weighted by atomic mass is 16.7. The molecule has 1 aromatic carbocycles. The predicted molar refractivity (Wildman–Crippen MR) is 97.5 cm³/mol. The first-order valence-electron chi connectivity index (χ1n) is 8.33. The van der Waals surface area contributed by atoms with E-state index in [4.69, 9.17) is 19.9 Å². The second kappa shape index (κ2) is 8.03. The number of ether oxygens (including phenoxy) is 3. The van der Waals surface area contributed by atoms with E-state index in [1.807, 2.05) is 32.0 Å². The fraction of sp³-hybridized carbons (Fsp3) is 0.333. The Hall–Kier alpha value is -2.84. The van der Waals surface area contributed by atoms with Crippen LogP contribution < -0.4 is 10.5 Å². The van der Waals surface area contributed by atoms with Crippen molar-refractivity contribution in [3.05, 3.63) is 36.4 Å². The summed E-state index contributed by atoms with van der Waals surface area (Å²) in [5, 5.41) is 0.735. The SMILES string of the molecule is CCOC(OCC)c1ncc(-c2nc(N)c3cc(OC)ccc3n2)cn1. The highest BCUT2D eigenvalue weighted by Gasteiger charge is 2.16. The van der Waals surface area contributed by atoms with Crippen molar-refractivity contribution in [1.82, 2.24) is 19.9 Å². The van der Waals surface area contributed by atoms with E-state index in [1.54, 1.807) is 19.5 Å². The van der Waals surface area contributed by atoms with Gasteiger partial charge in [-0.2, -0.15) is 0 Å². The predicted octanol–water partition coefficient (Wildman–Crippen LogP) is 2.75. The van der Waals surface area contributed by atoms with Gasteiger partial charge in [0.25, 0.3) is 0 Å². The van der Waals surface area contributed by atoms with Gasteiger partial charge in [0.05, 0.1) is 18.2 Å². The molecule has 0 atom stereocenters. The topological polar surface area (TPSA) is 105 Å². The van der Waals surface area contributed by atoms with Crippen molar-refractivity contribution in [2.45, 2.75) is 20.1 Å². The summed E-state index contributed by atoms with van der Waals surface area (Å²) in [6.07, 6.45) is 2.68. The minimum Gasteiger partial charge on any atom is -0.497 e. The Balaban J connectivity index is 1.93. The minimum absolute atomic E-state index is 0.370. The number of hydrogen-bond donors (Lipinski definition) is 1. The van der Waals surface area contributed by atoms with Crippen LogP contribution in [0.15, 0.2) is 30.6 Å². The second-order valence-electron chi connectivity index (χ2n) is 5.39. The van der Waals surface area contributed by atoms with Gasteiger partial charge in [-0.15, -0.1) is 0 Å². The van der Waals surface area contributed by atoms with Crippen LogP contribution in [0.2, 0.25) is 0 Å². The standard InChI is InChI=1S/C18H21N5O3/c1-4-25-18(26-5-2)17-20-9-11(10-21-17)16-22-14-7-6-12(24-3)8-13(14)15(19)23-16/h6-10,18H,4-5H2,1-3H3,(H2,19,22,23). The van der Waals surface area contributed by atoms with Crippen LogP contribution in [0.5, 0.6) is 5.75 Å². The normalized spacial score (nSPS) is 11.2. The summed E-state index contributed by atoms with van der Waals surface area (Å²) in [5.41, 5.74) is 7.47. The maximum absolute atomic E-state index is 6.09. The number of anilines is 1. The van der Waals surface area contributed by atoms with Gasteiger partial charge < -0.3 is 19.9 Å². The molecule has 0 aliphatic heterocycles. The molecule has 136 valence electrons. The van der Waals surface area contributed by atoms with Gasteiger partial charge in [-0.05, 0) is 32.0 Å². The van der Waals surface area contributed by atoms with Crippen LogP contribution in [0.25, 0.3) is 22.3 Å². The van der Waals surface area contributed by atoms with E-state index in [2.05, 4.69) is 19.9 Å². The zero-order valence-corrected chi connectivity index (χ0v) is 15.0. The molecular weight excluding hydrogens is 334 g/mol. The summed E-state index contributed by atoms with van der Waals surface area (Å²) >= 11 is 0. The van der Waals surface area contributed by atoms with Gasteiger partial charge >= 0.3 is 0 Å². The lowest BCUT2D eigenvalue weighted by atomic mass is 10.2. The third-order valence-corrected chi connectivity index (χ3v) is 3.71. The number of fused-ring (bicyclic) bond motifs is 1. The Morgan fingerprint density at radius 2 is 1.73 bits per heavy atom. The third kappa shape index (κ3) is 3.71. The highest BCUT2D eigenvalue weighted by Crippen LogP contribution is 2.26. The monoisotopic (exact) mass is 355 g/mol. The van der Waals surface area contributed by atoms with Crippen LogP contribution >= 0.6 is 0 Å². The molecule has 2 heterocycles. The Labute approximate surface area is 151 Å². The van der Waals surface area contributed by atoms with Gasteiger partial charge in [0, 0.05) is 31.0 Å². The van der Waals surface area contributed by atoms with Crippen molar-refractivity contribution in [2.24, 2.45) is 0 Å². The Kier molecular flexibility index (Phi) is 5.55. The van der Waals surface area contributed by atoms with Crippen LogP contribution in [-0.2, 0) is 9.47 Å². The molecule has 8 nitrogen and oxygen atoms in total. The van der Waals surface area contributed by atoms with Crippen LogP contribution in [0.4, 0.5) is 5.82 Å². The molecule has 3 rings (SSSR count). The number of hydrogen-bond acceptors (Lipinski definition) is 8. The lowest BCUT2D eigenvalue weighted by Gasteiger charge is -2.15. The maximum Gasteiger partial charge on any atom is 0.219 e. The number of nitrogen functional groups attached to an aromatic ring is 1. The van der Waals surface area contributed by atoms with E-state index in [-0.39, 0.29) is 0 Å². The molecular formula is C18H21N5O3. The Bertz CT molecular complexity index is 880. The fourth-order valence-corrected chi connectivity index (χ4v) is 2.46. The summed E-state index contributed by atoms with van der Waals surface area (Å²) in [6.45, 7) is 4.79. The summed E-state index contributed by atoms with van der Waals surface area (Å²) < 4.78 is 16.2. The average molecular weight is 355 g/mol. The lowest BCUT2D eigenvalue weighted by Crippen LogP contribution is -2.12. The van der Waals surface area contributed by atoms with E-state index in [9.17, 15) is 0 Å². The van der Waals surface area contributed by atoms with Crippen LogP contribution in [0.3, 0.4) is 0 Å². The van der Waals surface area contributed by atoms with Gasteiger partial charge in [0.1, 0.15) is 11.6 Å². The van der Waals surface area contributed by atoms with Gasteiger partial charge in [-0.25, -0.2) is 19.9 Å². The van der Waals surface area contributed by atoms with E-state index in [0.717, 1.165) is 10.9 Å². The molecule has 0 aliphatic rings. The Morgan fingerprint density at radius 1 is 1.04 bits per heavy atom. The number of rotatable bonds is 7. The molecule has 26 heavy (non-hydrogen) atoms. The molecule has 0 aliphatic carbocycles. The lowest BCUT2D eigenvalue weighted by molar-refractivity contribution is -0.145. The van der Waals surface area contributed by atoms with Crippen molar-refractivity contribution in [3.8, 4) is 17.1 Å². The fourth-order valence-electron chi connectivity index (χ4n) is 2.46. The van der Waals surface area contributed by atoms with Crippen molar-refractivity contribution in [2.75, 3.05) is 26.1 Å². The number of nitrogens with zero attached hydrogens (tertiary/aromatic N) is 4. The molecule has 2 aromatic heterocycles. The van der Waals surface area contributed by atoms with Crippen LogP contribution in [-0.4, -0.2) is 40.3 Å². The van der Waals surface area contributed by atoms with E-state index >= 15 is 0 Å². The molecule has 3 aromatic rings. The minimum atomic E-state index is -0.589. The van der Waals surface area contributed by atoms with Crippen molar-refractivity contribution < 1.29 is 14.2 Å². The summed E-state index contributed by atoms with van der Waals surface area (Å²) in [4.78, 5) is 17.6.